The van der Waals surface area contributed by atoms with Crippen molar-refractivity contribution < 1.29 is 4.79 Å². The fourth-order valence-corrected chi connectivity index (χ4v) is 3.05. The van der Waals surface area contributed by atoms with Crippen LogP contribution in [0.25, 0.3) is 0 Å². The molecule has 0 spiro atoms. The van der Waals surface area contributed by atoms with E-state index in [2.05, 4.69) is 33.3 Å². The number of benzene rings is 2. The summed E-state index contributed by atoms with van der Waals surface area (Å²) in [7, 11) is 8.03. The van der Waals surface area contributed by atoms with Crippen LogP contribution in [0.5, 0.6) is 0 Å². The quantitative estimate of drug-likeness (QED) is 0.712. The summed E-state index contributed by atoms with van der Waals surface area (Å²) in [5, 5.41) is 12.1. The van der Waals surface area contributed by atoms with Crippen molar-refractivity contribution in [2.24, 2.45) is 0 Å². The lowest BCUT2D eigenvalue weighted by atomic mass is 10.1. The maximum absolute atomic E-state index is 13.0. The van der Waals surface area contributed by atoms with E-state index in [1.54, 1.807) is 12.1 Å². The number of hydrogen-bond acceptors (Lipinski definition) is 4. The lowest BCUT2D eigenvalue weighted by Gasteiger charge is -2.28. The van der Waals surface area contributed by atoms with Gasteiger partial charge < -0.3 is 20.0 Å². The Balaban J connectivity index is 2.06. The third kappa shape index (κ3) is 7.22. The van der Waals surface area contributed by atoms with Gasteiger partial charge in [-0.1, -0.05) is 42.5 Å². The number of amides is 2. The number of nitrogens with one attached hydrogen (secondary N) is 1. The standard InChI is InChI=1S/C23H31N5O/c1-26(2)14-15-28(18-20-12-10-19(16-24)11-13-20)23(29)25-17-22(27(3)4)21-8-6-5-7-9-21/h5-13,22H,14-15,17-18H2,1-4H3,(H,25,29). The predicted molar refractivity (Wildman–Crippen MR) is 116 cm³/mol. The van der Waals surface area contributed by atoms with Gasteiger partial charge in [0.1, 0.15) is 0 Å². The van der Waals surface area contributed by atoms with E-state index in [1.165, 1.54) is 5.56 Å². The van der Waals surface area contributed by atoms with Crippen LogP contribution >= 0.6 is 0 Å². The number of carbonyl (C=O) groups excluding carboxylic acids is 1. The average molecular weight is 394 g/mol. The van der Waals surface area contributed by atoms with E-state index in [0.717, 1.165) is 12.1 Å². The molecule has 1 N–H and O–H groups in total. The van der Waals surface area contributed by atoms with Gasteiger partial charge in [0, 0.05) is 26.2 Å². The molecule has 0 radical (unpaired) electrons. The minimum absolute atomic E-state index is 0.0843. The zero-order valence-electron chi connectivity index (χ0n) is 17.8. The van der Waals surface area contributed by atoms with E-state index < -0.39 is 0 Å². The van der Waals surface area contributed by atoms with E-state index in [0.29, 0.717) is 25.2 Å². The van der Waals surface area contributed by atoms with Crippen LogP contribution in [0.15, 0.2) is 54.6 Å². The second kappa shape index (κ2) is 11.2. The van der Waals surface area contributed by atoms with Gasteiger partial charge >= 0.3 is 6.03 Å². The van der Waals surface area contributed by atoms with Crippen molar-refractivity contribution in [3.05, 3.63) is 71.3 Å². The minimum atomic E-state index is -0.0843. The van der Waals surface area contributed by atoms with E-state index in [1.807, 2.05) is 63.4 Å². The van der Waals surface area contributed by atoms with Gasteiger partial charge in [0.05, 0.1) is 17.7 Å². The molecule has 0 aliphatic carbocycles. The number of hydrogen-bond donors (Lipinski definition) is 1. The third-order valence-electron chi connectivity index (χ3n) is 4.82. The van der Waals surface area contributed by atoms with Crippen LogP contribution in [-0.4, -0.2) is 68.6 Å². The zero-order valence-corrected chi connectivity index (χ0v) is 17.8. The number of carbonyl (C=O) groups is 1. The van der Waals surface area contributed by atoms with Crippen LogP contribution < -0.4 is 5.32 Å². The molecule has 154 valence electrons. The Morgan fingerprint density at radius 1 is 1.00 bits per heavy atom. The van der Waals surface area contributed by atoms with Crippen molar-refractivity contribution in [1.82, 2.24) is 20.0 Å². The first kappa shape index (κ1) is 22.4. The molecule has 2 aromatic rings. The molecule has 0 saturated carbocycles. The predicted octanol–water partition coefficient (Wildman–Crippen LogP) is 2.93. The topological polar surface area (TPSA) is 62.6 Å². The van der Waals surface area contributed by atoms with Gasteiger partial charge in [-0.15, -0.1) is 0 Å². The summed E-state index contributed by atoms with van der Waals surface area (Å²) in [6, 6.07) is 19.7. The van der Waals surface area contributed by atoms with Gasteiger partial charge in [0.2, 0.25) is 0 Å². The highest BCUT2D eigenvalue weighted by Gasteiger charge is 2.18. The SMILES string of the molecule is CN(C)CCN(Cc1ccc(C#N)cc1)C(=O)NCC(c1ccccc1)N(C)C. The second-order valence-corrected chi connectivity index (χ2v) is 7.61. The van der Waals surface area contributed by atoms with Gasteiger partial charge in [-0.25, -0.2) is 4.79 Å². The van der Waals surface area contributed by atoms with Crippen LogP contribution in [-0.2, 0) is 6.54 Å². The Labute approximate surface area is 174 Å². The van der Waals surface area contributed by atoms with Gasteiger partial charge in [0.25, 0.3) is 0 Å². The first-order chi connectivity index (χ1) is 13.9. The Kier molecular flexibility index (Phi) is 8.66. The first-order valence-corrected chi connectivity index (χ1v) is 9.78. The first-order valence-electron chi connectivity index (χ1n) is 9.78. The summed E-state index contributed by atoms with van der Waals surface area (Å²) in [6.45, 7) is 2.43. The normalized spacial score (nSPS) is 11.9. The Bertz CT molecular complexity index is 796. The summed E-state index contributed by atoms with van der Waals surface area (Å²) >= 11 is 0. The van der Waals surface area contributed by atoms with Crippen LogP contribution in [0.4, 0.5) is 4.79 Å². The van der Waals surface area contributed by atoms with Gasteiger partial charge in [0.15, 0.2) is 0 Å². The molecule has 29 heavy (non-hydrogen) atoms. The molecule has 2 aromatic carbocycles. The maximum Gasteiger partial charge on any atom is 0.317 e. The number of urea groups is 1. The fraction of sp³-hybridized carbons (Fsp3) is 0.391. The molecule has 0 heterocycles. The Morgan fingerprint density at radius 3 is 2.21 bits per heavy atom. The van der Waals surface area contributed by atoms with Crippen molar-refractivity contribution in [2.45, 2.75) is 12.6 Å². The van der Waals surface area contributed by atoms with Crippen molar-refractivity contribution in [3.8, 4) is 6.07 Å². The molecule has 0 aliphatic rings. The molecule has 6 nitrogen and oxygen atoms in total. The van der Waals surface area contributed by atoms with Gasteiger partial charge in [-0.05, 0) is 51.5 Å². The molecule has 1 atom stereocenters. The zero-order chi connectivity index (χ0) is 21.2. The smallest absolute Gasteiger partial charge is 0.317 e. The molecule has 0 bridgehead atoms. The number of nitriles is 1. The lowest BCUT2D eigenvalue weighted by molar-refractivity contribution is 0.184. The van der Waals surface area contributed by atoms with E-state index in [4.69, 9.17) is 5.26 Å². The molecule has 0 aromatic heterocycles. The summed E-state index contributed by atoms with van der Waals surface area (Å²) in [5.41, 5.74) is 2.80. The van der Waals surface area contributed by atoms with Crippen molar-refractivity contribution in [1.29, 1.82) is 5.26 Å². The van der Waals surface area contributed by atoms with Crippen LogP contribution in [0.3, 0.4) is 0 Å². The molecule has 6 heteroatoms. The van der Waals surface area contributed by atoms with Crippen LogP contribution in [0.2, 0.25) is 0 Å². The number of rotatable bonds is 9. The van der Waals surface area contributed by atoms with Crippen molar-refractivity contribution in [2.75, 3.05) is 47.8 Å². The summed E-state index contributed by atoms with van der Waals surface area (Å²) < 4.78 is 0. The van der Waals surface area contributed by atoms with Crippen molar-refractivity contribution in [3.63, 3.8) is 0 Å². The highest BCUT2D eigenvalue weighted by molar-refractivity contribution is 5.74. The molecule has 0 fully saturated rings. The fourth-order valence-electron chi connectivity index (χ4n) is 3.05. The molecule has 1 unspecified atom stereocenters. The van der Waals surface area contributed by atoms with Crippen molar-refractivity contribution >= 4 is 6.03 Å². The van der Waals surface area contributed by atoms with Gasteiger partial charge in [-0.3, -0.25) is 0 Å². The van der Waals surface area contributed by atoms with Crippen LogP contribution in [0.1, 0.15) is 22.7 Å². The Morgan fingerprint density at radius 2 is 1.66 bits per heavy atom. The summed E-state index contributed by atoms with van der Waals surface area (Å²) in [5.74, 6) is 0. The number of likely N-dealkylation sites (N-methyl/N-ethyl adjacent to an activating group) is 2. The second-order valence-electron chi connectivity index (χ2n) is 7.61. The van der Waals surface area contributed by atoms with E-state index >= 15 is 0 Å². The molecular weight excluding hydrogens is 362 g/mol. The third-order valence-corrected chi connectivity index (χ3v) is 4.82. The maximum atomic E-state index is 13.0. The summed E-state index contributed by atoms with van der Waals surface area (Å²) in [6.07, 6.45) is 0. The highest BCUT2D eigenvalue weighted by atomic mass is 16.2. The highest BCUT2D eigenvalue weighted by Crippen LogP contribution is 2.17. The molecule has 2 rings (SSSR count). The summed E-state index contributed by atoms with van der Waals surface area (Å²) in [4.78, 5) is 19.0. The molecular formula is C23H31N5O. The molecule has 0 aliphatic heterocycles. The number of nitrogens with zero attached hydrogens (tertiary/aromatic N) is 4. The molecule has 2 amide bonds. The van der Waals surface area contributed by atoms with E-state index in [9.17, 15) is 4.79 Å². The average Bonchev–Trinajstić information content (AvgIpc) is 2.72. The molecule has 0 saturated heterocycles. The van der Waals surface area contributed by atoms with Crippen LogP contribution in [0, 0.1) is 11.3 Å². The Hall–Kier alpha value is -2.88. The van der Waals surface area contributed by atoms with Gasteiger partial charge in [-0.2, -0.15) is 5.26 Å². The lowest BCUT2D eigenvalue weighted by Crippen LogP contribution is -2.45. The largest absolute Gasteiger partial charge is 0.336 e. The van der Waals surface area contributed by atoms with E-state index in [-0.39, 0.29) is 12.1 Å². The minimum Gasteiger partial charge on any atom is -0.336 e. The monoisotopic (exact) mass is 393 g/mol.